The molecule has 28 heavy (non-hydrogen) atoms. The predicted octanol–water partition coefficient (Wildman–Crippen LogP) is 2.11. The van der Waals surface area contributed by atoms with E-state index < -0.39 is 5.54 Å². The molecule has 4 heterocycles. The van der Waals surface area contributed by atoms with Crippen LogP contribution in [0.25, 0.3) is 11.0 Å². The molecule has 0 saturated carbocycles. The van der Waals surface area contributed by atoms with E-state index in [1.54, 1.807) is 28.1 Å². The summed E-state index contributed by atoms with van der Waals surface area (Å²) in [4.78, 5) is 33.0. The number of ether oxygens (including phenoxy) is 1. The van der Waals surface area contributed by atoms with Crippen molar-refractivity contribution in [1.82, 2.24) is 19.9 Å². The van der Waals surface area contributed by atoms with Gasteiger partial charge in [0.05, 0.1) is 5.39 Å². The second-order valence-corrected chi connectivity index (χ2v) is 7.21. The van der Waals surface area contributed by atoms with E-state index in [9.17, 15) is 9.59 Å². The number of hydrogen-bond donors (Lipinski definition) is 0. The summed E-state index contributed by atoms with van der Waals surface area (Å²) in [5, 5.41) is 4.46. The molecule has 2 amide bonds. The Hall–Kier alpha value is -3.42. The van der Waals surface area contributed by atoms with E-state index in [2.05, 4.69) is 10.1 Å². The van der Waals surface area contributed by atoms with Gasteiger partial charge in [-0.25, -0.2) is 9.78 Å². The number of rotatable bonds is 3. The van der Waals surface area contributed by atoms with Crippen LogP contribution in [0.5, 0.6) is 0 Å². The van der Waals surface area contributed by atoms with Crippen LogP contribution in [0, 0.1) is 0 Å². The molecular formula is C20H18N4O4. The Bertz CT molecular complexity index is 1050. The molecule has 1 aromatic carbocycles. The topological polar surface area (TPSA) is 88.8 Å². The molecule has 3 aromatic rings. The van der Waals surface area contributed by atoms with Crippen molar-refractivity contribution in [3.05, 3.63) is 60.0 Å². The van der Waals surface area contributed by atoms with Gasteiger partial charge in [-0.05, 0) is 17.7 Å². The number of pyridine rings is 1. The molecule has 2 aliphatic rings. The van der Waals surface area contributed by atoms with Crippen molar-refractivity contribution < 1.29 is 18.8 Å². The Kier molecular flexibility index (Phi) is 3.78. The van der Waals surface area contributed by atoms with Crippen LogP contribution in [0.3, 0.4) is 0 Å². The lowest BCUT2D eigenvalue weighted by Crippen LogP contribution is -2.63. The molecule has 1 atom stereocenters. The highest BCUT2D eigenvalue weighted by Crippen LogP contribution is 2.33. The molecule has 2 fully saturated rings. The summed E-state index contributed by atoms with van der Waals surface area (Å²) < 4.78 is 10.7. The fraction of sp³-hybridized carbons (Fsp3) is 0.300. The average molecular weight is 378 g/mol. The van der Waals surface area contributed by atoms with Gasteiger partial charge in [0.25, 0.3) is 5.91 Å². The maximum absolute atomic E-state index is 13.2. The number of hydrogen-bond acceptors (Lipinski definition) is 6. The minimum Gasteiger partial charge on any atom is -0.447 e. The first-order valence-electron chi connectivity index (χ1n) is 9.14. The number of cyclic esters (lactones) is 1. The van der Waals surface area contributed by atoms with Crippen LogP contribution in [0.15, 0.2) is 53.2 Å². The number of carbonyl (C=O) groups excluding carboxylic acids is 2. The molecule has 0 spiro atoms. The van der Waals surface area contributed by atoms with Crippen molar-refractivity contribution in [2.45, 2.75) is 12.0 Å². The molecule has 2 aromatic heterocycles. The zero-order valence-electron chi connectivity index (χ0n) is 15.1. The Morgan fingerprint density at radius 1 is 1.14 bits per heavy atom. The second-order valence-electron chi connectivity index (χ2n) is 7.21. The molecule has 8 nitrogen and oxygen atoms in total. The molecular weight excluding hydrogens is 360 g/mol. The maximum atomic E-state index is 13.2. The molecule has 8 heteroatoms. The van der Waals surface area contributed by atoms with Gasteiger partial charge in [0.2, 0.25) is 11.4 Å². The fourth-order valence-corrected chi connectivity index (χ4v) is 4.09. The third-order valence-electron chi connectivity index (χ3n) is 5.45. The molecule has 0 aliphatic carbocycles. The van der Waals surface area contributed by atoms with Crippen molar-refractivity contribution in [2.24, 2.45) is 0 Å². The summed E-state index contributed by atoms with van der Waals surface area (Å²) in [7, 11) is 0. The standard InChI is InChI=1S/C20H18N4O4/c25-18(16-15-7-4-8-21-17(15)22-28-16)23-9-10-24-19(26)27-13-20(24,12-23)11-14-5-2-1-3-6-14/h1-8H,9-13H2. The van der Waals surface area contributed by atoms with Gasteiger partial charge in [-0.3, -0.25) is 9.69 Å². The van der Waals surface area contributed by atoms with E-state index in [1.807, 2.05) is 30.3 Å². The summed E-state index contributed by atoms with van der Waals surface area (Å²) >= 11 is 0. The number of piperazine rings is 1. The Morgan fingerprint density at radius 3 is 2.86 bits per heavy atom. The van der Waals surface area contributed by atoms with Gasteiger partial charge in [-0.1, -0.05) is 35.5 Å². The van der Waals surface area contributed by atoms with Gasteiger partial charge in [-0.15, -0.1) is 0 Å². The van der Waals surface area contributed by atoms with Gasteiger partial charge in [0.1, 0.15) is 12.1 Å². The summed E-state index contributed by atoms with van der Waals surface area (Å²) in [5.74, 6) is -0.0708. The van der Waals surface area contributed by atoms with Crippen molar-refractivity contribution in [1.29, 1.82) is 0 Å². The Labute approximate surface area is 160 Å². The van der Waals surface area contributed by atoms with E-state index in [-0.39, 0.29) is 24.4 Å². The summed E-state index contributed by atoms with van der Waals surface area (Å²) in [6.45, 7) is 1.45. The molecule has 5 rings (SSSR count). The first-order chi connectivity index (χ1) is 13.7. The van der Waals surface area contributed by atoms with Crippen LogP contribution in [-0.4, -0.2) is 63.7 Å². The minimum atomic E-state index is -0.583. The van der Waals surface area contributed by atoms with E-state index in [4.69, 9.17) is 9.26 Å². The molecule has 2 saturated heterocycles. The monoisotopic (exact) mass is 378 g/mol. The zero-order valence-corrected chi connectivity index (χ0v) is 15.1. The van der Waals surface area contributed by atoms with Crippen LogP contribution in [0.2, 0.25) is 0 Å². The van der Waals surface area contributed by atoms with Crippen LogP contribution in [0.1, 0.15) is 16.1 Å². The van der Waals surface area contributed by atoms with Crippen molar-refractivity contribution in [3.8, 4) is 0 Å². The van der Waals surface area contributed by atoms with Crippen molar-refractivity contribution in [2.75, 3.05) is 26.2 Å². The van der Waals surface area contributed by atoms with Crippen LogP contribution >= 0.6 is 0 Å². The molecule has 142 valence electrons. The van der Waals surface area contributed by atoms with Crippen LogP contribution < -0.4 is 0 Å². The van der Waals surface area contributed by atoms with Crippen molar-refractivity contribution >= 4 is 23.0 Å². The van der Waals surface area contributed by atoms with E-state index in [0.717, 1.165) is 5.56 Å². The van der Waals surface area contributed by atoms with E-state index in [0.29, 0.717) is 37.1 Å². The molecule has 2 aliphatic heterocycles. The smallest absolute Gasteiger partial charge is 0.410 e. The number of carbonyl (C=O) groups is 2. The lowest BCUT2D eigenvalue weighted by Gasteiger charge is -2.44. The van der Waals surface area contributed by atoms with Crippen LogP contribution in [-0.2, 0) is 11.2 Å². The third kappa shape index (κ3) is 2.60. The fourth-order valence-electron chi connectivity index (χ4n) is 4.09. The first kappa shape index (κ1) is 16.7. The SMILES string of the molecule is O=C(c1onc2ncccc12)N1CCN2C(=O)OCC2(Cc2ccccc2)C1. The quantitative estimate of drug-likeness (QED) is 0.694. The molecule has 0 bridgehead atoms. The summed E-state index contributed by atoms with van der Waals surface area (Å²) in [6, 6.07) is 13.4. The highest BCUT2D eigenvalue weighted by Gasteiger charge is 2.51. The number of nitrogens with zero attached hydrogens (tertiary/aromatic N) is 4. The van der Waals surface area contributed by atoms with E-state index in [1.165, 1.54) is 0 Å². The van der Waals surface area contributed by atoms with Gasteiger partial charge in [0, 0.05) is 32.3 Å². The molecule has 0 radical (unpaired) electrons. The summed E-state index contributed by atoms with van der Waals surface area (Å²) in [6.07, 6.45) is 1.90. The lowest BCUT2D eigenvalue weighted by molar-refractivity contribution is 0.0348. The minimum absolute atomic E-state index is 0.177. The maximum Gasteiger partial charge on any atom is 0.410 e. The highest BCUT2D eigenvalue weighted by molar-refractivity contribution is 6.02. The van der Waals surface area contributed by atoms with Gasteiger partial charge in [-0.2, -0.15) is 0 Å². The zero-order chi connectivity index (χ0) is 19.1. The number of amides is 2. The lowest BCUT2D eigenvalue weighted by atomic mass is 9.88. The molecule has 1 unspecified atom stereocenters. The Morgan fingerprint density at radius 2 is 2.00 bits per heavy atom. The average Bonchev–Trinajstić information content (AvgIpc) is 3.29. The van der Waals surface area contributed by atoms with Gasteiger partial charge < -0.3 is 14.2 Å². The second kappa shape index (κ2) is 6.33. The van der Waals surface area contributed by atoms with Crippen LogP contribution in [0.4, 0.5) is 4.79 Å². The van der Waals surface area contributed by atoms with E-state index >= 15 is 0 Å². The highest BCUT2D eigenvalue weighted by atomic mass is 16.6. The van der Waals surface area contributed by atoms with Gasteiger partial charge in [0.15, 0.2) is 0 Å². The molecule has 0 N–H and O–H groups in total. The first-order valence-corrected chi connectivity index (χ1v) is 9.14. The number of aromatic nitrogens is 2. The largest absolute Gasteiger partial charge is 0.447 e. The number of fused-ring (bicyclic) bond motifs is 2. The summed E-state index contributed by atoms with van der Waals surface area (Å²) in [5.41, 5.74) is 0.915. The number of benzene rings is 1. The Balaban J connectivity index is 1.46. The predicted molar refractivity (Wildman–Crippen MR) is 98.6 cm³/mol. The van der Waals surface area contributed by atoms with Gasteiger partial charge >= 0.3 is 6.09 Å². The van der Waals surface area contributed by atoms with Crippen molar-refractivity contribution in [3.63, 3.8) is 0 Å². The normalized spacial score (nSPS) is 21.6. The third-order valence-corrected chi connectivity index (χ3v) is 5.45.